The highest BCUT2D eigenvalue weighted by Crippen LogP contribution is 2.28. The third-order valence-corrected chi connectivity index (χ3v) is 5.35. The molecule has 5 nitrogen and oxygen atoms in total. The summed E-state index contributed by atoms with van der Waals surface area (Å²) in [4.78, 5) is 19.2. The molecule has 0 radical (unpaired) electrons. The van der Waals surface area contributed by atoms with Gasteiger partial charge < -0.3 is 4.90 Å². The minimum atomic E-state index is -2.63. The van der Waals surface area contributed by atoms with Gasteiger partial charge in [-0.05, 0) is 37.3 Å². The van der Waals surface area contributed by atoms with E-state index in [1.807, 2.05) is 24.4 Å². The number of nitrogens with zero attached hydrogens (tertiary/aromatic N) is 4. The molecule has 146 valence electrons. The molecular weight excluding hydrogens is 362 g/mol. The van der Waals surface area contributed by atoms with Gasteiger partial charge in [-0.15, -0.1) is 0 Å². The summed E-state index contributed by atoms with van der Waals surface area (Å²) in [6, 6.07) is 11.5. The number of likely N-dealkylation sites (tertiary alicyclic amines) is 1. The summed E-state index contributed by atoms with van der Waals surface area (Å²) < 4.78 is 27.0. The van der Waals surface area contributed by atoms with Gasteiger partial charge in [-0.2, -0.15) is 5.10 Å². The molecule has 0 aliphatic carbocycles. The van der Waals surface area contributed by atoms with Gasteiger partial charge in [0.15, 0.2) is 0 Å². The first-order chi connectivity index (χ1) is 13.5. The molecule has 0 bridgehead atoms. The Kier molecular flexibility index (Phi) is 5.07. The number of carbonyl (C=O) groups excluding carboxylic acids is 1. The van der Waals surface area contributed by atoms with E-state index < -0.39 is 6.43 Å². The van der Waals surface area contributed by atoms with E-state index in [0.29, 0.717) is 18.8 Å². The van der Waals surface area contributed by atoms with E-state index in [2.05, 4.69) is 22.2 Å². The molecule has 1 aliphatic rings. The molecule has 4 rings (SSSR count). The van der Waals surface area contributed by atoms with Crippen molar-refractivity contribution < 1.29 is 13.6 Å². The topological polar surface area (TPSA) is 51.0 Å². The Morgan fingerprint density at radius 2 is 2.04 bits per heavy atom. The molecule has 7 heteroatoms. The number of piperidine rings is 1. The van der Waals surface area contributed by atoms with Crippen molar-refractivity contribution in [1.82, 2.24) is 19.7 Å². The molecule has 0 N–H and O–H groups in total. The lowest BCUT2D eigenvalue weighted by atomic mass is 9.93. The number of halogens is 2. The zero-order valence-corrected chi connectivity index (χ0v) is 15.7. The van der Waals surface area contributed by atoms with Crippen LogP contribution >= 0.6 is 0 Å². The zero-order chi connectivity index (χ0) is 19.7. The fraction of sp³-hybridized carbons (Fsp3) is 0.381. The van der Waals surface area contributed by atoms with Gasteiger partial charge in [0, 0.05) is 42.0 Å². The molecule has 1 saturated heterocycles. The van der Waals surface area contributed by atoms with Crippen LogP contribution in [0, 0.1) is 6.92 Å². The van der Waals surface area contributed by atoms with Crippen molar-refractivity contribution in [2.24, 2.45) is 0 Å². The summed E-state index contributed by atoms with van der Waals surface area (Å²) >= 11 is 0. The molecule has 1 aromatic carbocycles. The first-order valence-corrected chi connectivity index (χ1v) is 9.46. The quantitative estimate of drug-likeness (QED) is 0.681. The number of alkyl halides is 2. The van der Waals surface area contributed by atoms with Crippen molar-refractivity contribution in [1.29, 1.82) is 0 Å². The van der Waals surface area contributed by atoms with Crippen LogP contribution in [0.5, 0.6) is 0 Å². The Morgan fingerprint density at radius 1 is 1.25 bits per heavy atom. The van der Waals surface area contributed by atoms with E-state index in [-0.39, 0.29) is 24.1 Å². The van der Waals surface area contributed by atoms with Crippen LogP contribution in [0.3, 0.4) is 0 Å². The lowest BCUT2D eigenvalue weighted by molar-refractivity contribution is -0.133. The minimum Gasteiger partial charge on any atom is -0.340 e. The average Bonchev–Trinajstić information content (AvgIpc) is 3.08. The van der Waals surface area contributed by atoms with Crippen LogP contribution < -0.4 is 0 Å². The monoisotopic (exact) mass is 384 g/mol. The van der Waals surface area contributed by atoms with Crippen LogP contribution in [-0.2, 0) is 11.3 Å². The van der Waals surface area contributed by atoms with Gasteiger partial charge in [-0.1, -0.05) is 24.3 Å². The third kappa shape index (κ3) is 3.74. The number of benzene rings is 1. The normalized spacial score (nSPS) is 17.4. The molecule has 1 atom stereocenters. The average molecular weight is 384 g/mol. The van der Waals surface area contributed by atoms with Crippen molar-refractivity contribution in [2.45, 2.75) is 38.7 Å². The molecule has 1 amide bonds. The maximum absolute atomic E-state index is 12.8. The molecule has 0 spiro atoms. The number of fused-ring (bicyclic) bond motifs is 1. The second-order valence-corrected chi connectivity index (χ2v) is 7.30. The van der Waals surface area contributed by atoms with Gasteiger partial charge in [0.05, 0.1) is 0 Å². The number of amides is 1. The Balaban J connectivity index is 1.47. The predicted molar refractivity (Wildman–Crippen MR) is 102 cm³/mol. The summed E-state index contributed by atoms with van der Waals surface area (Å²) in [5, 5.41) is 6.10. The summed E-state index contributed by atoms with van der Waals surface area (Å²) in [6.45, 7) is 2.93. The molecule has 0 saturated carbocycles. The number of pyridine rings is 1. The van der Waals surface area contributed by atoms with E-state index >= 15 is 0 Å². The second-order valence-electron chi connectivity index (χ2n) is 7.30. The molecule has 3 heterocycles. The summed E-state index contributed by atoms with van der Waals surface area (Å²) in [5.74, 6) is 0.0788. The molecule has 28 heavy (non-hydrogen) atoms. The predicted octanol–water partition coefficient (Wildman–Crippen LogP) is 4.08. The van der Waals surface area contributed by atoms with Gasteiger partial charge in [-0.3, -0.25) is 14.5 Å². The van der Waals surface area contributed by atoms with Crippen LogP contribution in [0.1, 0.15) is 42.3 Å². The van der Waals surface area contributed by atoms with Crippen molar-refractivity contribution >= 4 is 16.7 Å². The van der Waals surface area contributed by atoms with Crippen LogP contribution in [0.25, 0.3) is 10.8 Å². The van der Waals surface area contributed by atoms with E-state index in [0.717, 1.165) is 29.3 Å². The Labute approximate surface area is 162 Å². The highest BCUT2D eigenvalue weighted by atomic mass is 19.3. The second kappa shape index (κ2) is 7.66. The highest BCUT2D eigenvalue weighted by Gasteiger charge is 2.26. The largest absolute Gasteiger partial charge is 0.340 e. The standard InChI is InChI=1S/C21H22F2N4O/c1-14-9-19(21(22)23)25-27(14)13-20(28)26-8-4-7-17(12-26)18-10-15-5-2-3-6-16(15)11-24-18/h2-3,5-6,9-11,17,21H,4,7-8,12-13H2,1H3. The Bertz CT molecular complexity index is 1000. The van der Waals surface area contributed by atoms with E-state index in [1.54, 1.807) is 11.8 Å². The van der Waals surface area contributed by atoms with Gasteiger partial charge >= 0.3 is 0 Å². The number of hydrogen-bond donors (Lipinski definition) is 0. The number of rotatable bonds is 4. The van der Waals surface area contributed by atoms with Gasteiger partial charge in [0.1, 0.15) is 12.2 Å². The molecular formula is C21H22F2N4O. The summed E-state index contributed by atoms with van der Waals surface area (Å²) in [6.07, 6.45) is 1.12. The zero-order valence-electron chi connectivity index (χ0n) is 15.7. The van der Waals surface area contributed by atoms with Gasteiger partial charge in [-0.25, -0.2) is 8.78 Å². The van der Waals surface area contributed by atoms with Crippen LogP contribution in [0.15, 0.2) is 42.6 Å². The first kappa shape index (κ1) is 18.5. The minimum absolute atomic E-state index is 0.0174. The van der Waals surface area contributed by atoms with Gasteiger partial charge in [0.2, 0.25) is 5.91 Å². The summed E-state index contributed by atoms with van der Waals surface area (Å²) in [5.41, 5.74) is 1.27. The van der Waals surface area contributed by atoms with E-state index in [9.17, 15) is 13.6 Å². The third-order valence-electron chi connectivity index (χ3n) is 5.35. The number of hydrogen-bond acceptors (Lipinski definition) is 3. The van der Waals surface area contributed by atoms with Crippen molar-refractivity contribution in [3.05, 3.63) is 59.7 Å². The van der Waals surface area contributed by atoms with Crippen molar-refractivity contribution in [2.75, 3.05) is 13.1 Å². The van der Waals surface area contributed by atoms with Crippen molar-refractivity contribution in [3.8, 4) is 0 Å². The fourth-order valence-corrected chi connectivity index (χ4v) is 3.80. The lowest BCUT2D eigenvalue weighted by Gasteiger charge is -2.32. The molecule has 3 aromatic rings. The maximum Gasteiger partial charge on any atom is 0.282 e. The molecule has 1 unspecified atom stereocenters. The highest BCUT2D eigenvalue weighted by molar-refractivity contribution is 5.82. The molecule has 2 aromatic heterocycles. The maximum atomic E-state index is 12.8. The SMILES string of the molecule is Cc1cc(C(F)F)nn1CC(=O)N1CCCC(c2cc3ccccc3cn2)C1. The molecule has 1 aliphatic heterocycles. The Morgan fingerprint density at radius 3 is 2.79 bits per heavy atom. The van der Waals surface area contributed by atoms with Crippen LogP contribution in [0.2, 0.25) is 0 Å². The number of carbonyl (C=O) groups is 1. The fourth-order valence-electron chi connectivity index (χ4n) is 3.80. The number of aromatic nitrogens is 3. The molecule has 1 fully saturated rings. The Hall–Kier alpha value is -2.83. The van der Waals surface area contributed by atoms with Crippen LogP contribution in [-0.4, -0.2) is 38.7 Å². The van der Waals surface area contributed by atoms with E-state index in [1.165, 1.54) is 10.7 Å². The van der Waals surface area contributed by atoms with Crippen LogP contribution in [0.4, 0.5) is 8.78 Å². The van der Waals surface area contributed by atoms with E-state index in [4.69, 9.17) is 0 Å². The first-order valence-electron chi connectivity index (χ1n) is 9.46. The lowest BCUT2D eigenvalue weighted by Crippen LogP contribution is -2.41. The smallest absolute Gasteiger partial charge is 0.282 e. The summed E-state index contributed by atoms with van der Waals surface area (Å²) in [7, 11) is 0. The van der Waals surface area contributed by atoms with Crippen molar-refractivity contribution in [3.63, 3.8) is 0 Å². The van der Waals surface area contributed by atoms with Gasteiger partial charge in [0.25, 0.3) is 6.43 Å². The number of aryl methyl sites for hydroxylation is 1.